The average molecular weight is 229 g/mol. The summed E-state index contributed by atoms with van der Waals surface area (Å²) in [6.45, 7) is 0. The fourth-order valence-electron chi connectivity index (χ4n) is 1.77. The van der Waals surface area contributed by atoms with E-state index in [0.29, 0.717) is 10.8 Å². The standard InChI is InChI=1S/C12H11N3O2/c16-11-9-4-2-1-3-8(9)10(14-15-11)12(17)13-7-5-6-7/h1-4,7H,5-6H2,(H,13,17)(H,15,16). The largest absolute Gasteiger partial charge is 0.348 e. The van der Waals surface area contributed by atoms with Crippen molar-refractivity contribution in [3.05, 3.63) is 40.3 Å². The first-order valence-electron chi connectivity index (χ1n) is 5.54. The number of hydrogen-bond acceptors (Lipinski definition) is 3. The molecule has 0 bridgehead atoms. The molecular formula is C12H11N3O2. The maximum absolute atomic E-state index is 11.9. The summed E-state index contributed by atoms with van der Waals surface area (Å²) in [5.74, 6) is -0.222. The van der Waals surface area contributed by atoms with Crippen molar-refractivity contribution in [3.8, 4) is 0 Å². The molecule has 1 amide bonds. The van der Waals surface area contributed by atoms with Gasteiger partial charge in [0, 0.05) is 11.4 Å². The van der Waals surface area contributed by atoms with Crippen molar-refractivity contribution < 1.29 is 4.79 Å². The van der Waals surface area contributed by atoms with Gasteiger partial charge in [-0.15, -0.1) is 0 Å². The molecule has 1 saturated carbocycles. The number of amides is 1. The van der Waals surface area contributed by atoms with Gasteiger partial charge in [-0.25, -0.2) is 5.10 Å². The van der Waals surface area contributed by atoms with Crippen molar-refractivity contribution in [1.82, 2.24) is 15.5 Å². The van der Waals surface area contributed by atoms with Crippen molar-refractivity contribution in [2.75, 3.05) is 0 Å². The summed E-state index contributed by atoms with van der Waals surface area (Å²) in [5.41, 5.74) is 0.00988. The fraction of sp³-hybridized carbons (Fsp3) is 0.250. The van der Waals surface area contributed by atoms with Crippen LogP contribution in [0.3, 0.4) is 0 Å². The monoisotopic (exact) mass is 229 g/mol. The number of fused-ring (bicyclic) bond motifs is 1. The summed E-state index contributed by atoms with van der Waals surface area (Å²) in [4.78, 5) is 23.5. The molecule has 1 aliphatic rings. The molecule has 2 N–H and O–H groups in total. The lowest BCUT2D eigenvalue weighted by molar-refractivity contribution is 0.0947. The Balaban J connectivity index is 2.12. The maximum Gasteiger partial charge on any atom is 0.272 e. The van der Waals surface area contributed by atoms with Gasteiger partial charge in [0.2, 0.25) is 0 Å². The first-order chi connectivity index (χ1) is 8.25. The smallest absolute Gasteiger partial charge is 0.272 e. The molecule has 1 fully saturated rings. The molecule has 2 aromatic rings. The highest BCUT2D eigenvalue weighted by Gasteiger charge is 2.25. The van der Waals surface area contributed by atoms with Gasteiger partial charge >= 0.3 is 0 Å². The van der Waals surface area contributed by atoms with Gasteiger partial charge < -0.3 is 5.32 Å². The van der Waals surface area contributed by atoms with Crippen molar-refractivity contribution in [3.63, 3.8) is 0 Å². The van der Waals surface area contributed by atoms with Gasteiger partial charge in [-0.3, -0.25) is 9.59 Å². The van der Waals surface area contributed by atoms with Crippen LogP contribution in [-0.2, 0) is 0 Å². The van der Waals surface area contributed by atoms with Crippen molar-refractivity contribution >= 4 is 16.7 Å². The number of nitrogens with zero attached hydrogens (tertiary/aromatic N) is 1. The third-order valence-electron chi connectivity index (χ3n) is 2.82. The minimum absolute atomic E-state index is 0.222. The Kier molecular flexibility index (Phi) is 2.18. The Labute approximate surface area is 96.8 Å². The third kappa shape index (κ3) is 1.80. The van der Waals surface area contributed by atoms with Crippen molar-refractivity contribution in [1.29, 1.82) is 0 Å². The molecule has 1 aliphatic carbocycles. The number of carbonyl (C=O) groups is 1. The molecule has 0 atom stereocenters. The third-order valence-corrected chi connectivity index (χ3v) is 2.82. The first kappa shape index (κ1) is 10.0. The predicted molar refractivity (Wildman–Crippen MR) is 62.9 cm³/mol. The highest BCUT2D eigenvalue weighted by molar-refractivity contribution is 6.04. The summed E-state index contributed by atoms with van der Waals surface area (Å²) >= 11 is 0. The summed E-state index contributed by atoms with van der Waals surface area (Å²) in [7, 11) is 0. The Morgan fingerprint density at radius 3 is 2.71 bits per heavy atom. The number of benzene rings is 1. The van der Waals surface area contributed by atoms with E-state index in [4.69, 9.17) is 0 Å². The fourth-order valence-corrected chi connectivity index (χ4v) is 1.77. The van der Waals surface area contributed by atoms with Gasteiger partial charge in [0.1, 0.15) is 0 Å². The first-order valence-corrected chi connectivity index (χ1v) is 5.54. The van der Waals surface area contributed by atoms with E-state index >= 15 is 0 Å². The summed E-state index contributed by atoms with van der Waals surface area (Å²) in [6.07, 6.45) is 2.04. The molecule has 1 aromatic carbocycles. The number of rotatable bonds is 2. The van der Waals surface area contributed by atoms with Crippen LogP contribution in [0.15, 0.2) is 29.1 Å². The summed E-state index contributed by atoms with van der Waals surface area (Å²) in [6, 6.07) is 7.25. The molecule has 0 spiro atoms. The molecule has 0 radical (unpaired) electrons. The zero-order valence-corrected chi connectivity index (χ0v) is 9.06. The number of aromatic amines is 1. The predicted octanol–water partition coefficient (Wildman–Crippen LogP) is 0.815. The van der Waals surface area contributed by atoms with Gasteiger partial charge in [0.25, 0.3) is 11.5 Å². The molecule has 5 heteroatoms. The lowest BCUT2D eigenvalue weighted by Crippen LogP contribution is -2.28. The van der Waals surface area contributed by atoms with E-state index in [1.807, 2.05) is 0 Å². The molecule has 0 saturated heterocycles. The zero-order chi connectivity index (χ0) is 11.8. The SMILES string of the molecule is O=C(NC1CC1)c1n[nH]c(=O)c2ccccc12. The second-order valence-electron chi connectivity index (χ2n) is 4.19. The molecule has 0 unspecified atom stereocenters. The second-order valence-corrected chi connectivity index (χ2v) is 4.19. The lowest BCUT2D eigenvalue weighted by atomic mass is 10.1. The normalized spacial score (nSPS) is 14.8. The highest BCUT2D eigenvalue weighted by Crippen LogP contribution is 2.20. The molecule has 0 aliphatic heterocycles. The number of nitrogens with one attached hydrogen (secondary N) is 2. The van der Waals surface area contributed by atoms with Gasteiger partial charge in [-0.2, -0.15) is 5.10 Å². The minimum Gasteiger partial charge on any atom is -0.348 e. The summed E-state index contributed by atoms with van der Waals surface area (Å²) < 4.78 is 0. The van der Waals surface area contributed by atoms with E-state index in [1.165, 1.54) is 0 Å². The molecule has 1 heterocycles. The Morgan fingerprint density at radius 2 is 2.00 bits per heavy atom. The molecule has 17 heavy (non-hydrogen) atoms. The van der Waals surface area contributed by atoms with Gasteiger partial charge in [0.15, 0.2) is 5.69 Å². The van der Waals surface area contributed by atoms with Crippen LogP contribution in [0.25, 0.3) is 10.8 Å². The Bertz CT molecular complexity index is 643. The van der Waals surface area contributed by atoms with Gasteiger partial charge in [-0.1, -0.05) is 18.2 Å². The minimum atomic E-state index is -0.274. The van der Waals surface area contributed by atoms with E-state index in [1.54, 1.807) is 24.3 Å². The zero-order valence-electron chi connectivity index (χ0n) is 9.06. The average Bonchev–Trinajstić information content (AvgIpc) is 3.14. The van der Waals surface area contributed by atoms with E-state index < -0.39 is 0 Å². The van der Waals surface area contributed by atoms with Crippen molar-refractivity contribution in [2.45, 2.75) is 18.9 Å². The molecule has 3 rings (SSSR count). The Hall–Kier alpha value is -2.17. The van der Waals surface area contributed by atoms with Crippen LogP contribution in [0.2, 0.25) is 0 Å². The van der Waals surface area contributed by atoms with Crippen LogP contribution in [-0.4, -0.2) is 22.1 Å². The number of H-pyrrole nitrogens is 1. The van der Waals surface area contributed by atoms with Gasteiger partial charge in [-0.05, 0) is 18.9 Å². The van der Waals surface area contributed by atoms with Crippen LogP contribution in [0.5, 0.6) is 0 Å². The van der Waals surface area contributed by atoms with Crippen LogP contribution in [0.4, 0.5) is 0 Å². The van der Waals surface area contributed by atoms with E-state index in [-0.39, 0.29) is 23.2 Å². The van der Waals surface area contributed by atoms with Gasteiger partial charge in [0.05, 0.1) is 5.39 Å². The topological polar surface area (TPSA) is 74.8 Å². The molecular weight excluding hydrogens is 218 g/mol. The highest BCUT2D eigenvalue weighted by atomic mass is 16.2. The van der Waals surface area contributed by atoms with Crippen LogP contribution < -0.4 is 10.9 Å². The number of carbonyl (C=O) groups excluding carboxylic acids is 1. The lowest BCUT2D eigenvalue weighted by Gasteiger charge is -2.04. The second kappa shape index (κ2) is 3.69. The maximum atomic E-state index is 11.9. The molecule has 5 nitrogen and oxygen atoms in total. The van der Waals surface area contributed by atoms with Crippen molar-refractivity contribution in [2.24, 2.45) is 0 Å². The van der Waals surface area contributed by atoms with Crippen LogP contribution >= 0.6 is 0 Å². The van der Waals surface area contributed by atoms with E-state index in [2.05, 4.69) is 15.5 Å². The number of aromatic nitrogens is 2. The van der Waals surface area contributed by atoms with E-state index in [9.17, 15) is 9.59 Å². The molecule has 1 aromatic heterocycles. The summed E-state index contributed by atoms with van der Waals surface area (Å²) in [5, 5.41) is 10.1. The van der Waals surface area contributed by atoms with Crippen LogP contribution in [0.1, 0.15) is 23.3 Å². The molecule has 86 valence electrons. The quantitative estimate of drug-likeness (QED) is 0.800. The van der Waals surface area contributed by atoms with Crippen LogP contribution in [0, 0.1) is 0 Å². The Morgan fingerprint density at radius 1 is 1.29 bits per heavy atom. The number of hydrogen-bond donors (Lipinski definition) is 2. The van der Waals surface area contributed by atoms with E-state index in [0.717, 1.165) is 12.8 Å².